The number of H-pyrrole nitrogens is 1. The van der Waals surface area contributed by atoms with E-state index in [-0.39, 0.29) is 0 Å². The largest absolute Gasteiger partial charge is 0.348 e. The first-order valence-electron chi connectivity index (χ1n) is 7.94. The van der Waals surface area contributed by atoms with Crippen LogP contribution in [0.3, 0.4) is 0 Å². The van der Waals surface area contributed by atoms with Crippen molar-refractivity contribution in [2.45, 2.75) is 26.2 Å². The first-order chi connectivity index (χ1) is 10.8. The van der Waals surface area contributed by atoms with Crippen LogP contribution in [0.2, 0.25) is 0 Å². The van der Waals surface area contributed by atoms with Crippen LogP contribution in [-0.4, -0.2) is 4.98 Å². The lowest BCUT2D eigenvalue weighted by atomic mass is 10.0. The minimum Gasteiger partial charge on any atom is -0.348 e. The number of rotatable bonds is 1. The van der Waals surface area contributed by atoms with Gasteiger partial charge < -0.3 is 4.98 Å². The molecule has 0 saturated heterocycles. The van der Waals surface area contributed by atoms with Crippen LogP contribution >= 0.6 is 0 Å². The van der Waals surface area contributed by atoms with Crippen molar-refractivity contribution in [1.82, 2.24) is 4.98 Å². The average Bonchev–Trinajstić information content (AvgIpc) is 3.14. The van der Waals surface area contributed by atoms with Gasteiger partial charge in [-0.25, -0.2) is 0 Å². The number of aromatic amines is 1. The first-order valence-corrected chi connectivity index (χ1v) is 7.94. The highest BCUT2D eigenvalue weighted by Gasteiger charge is 2.18. The smallest absolute Gasteiger partial charge is 0.0895 e. The van der Waals surface area contributed by atoms with Crippen molar-refractivity contribution in [2.75, 3.05) is 0 Å². The van der Waals surface area contributed by atoms with E-state index in [2.05, 4.69) is 66.7 Å². The quantitative estimate of drug-likeness (QED) is 0.705. The number of benzene rings is 2. The summed E-state index contributed by atoms with van der Waals surface area (Å²) in [5, 5.41) is 3.58. The Balaban J connectivity index is 2.13. The van der Waals surface area contributed by atoms with E-state index in [1.54, 1.807) is 0 Å². The van der Waals surface area contributed by atoms with Gasteiger partial charge in [0.25, 0.3) is 0 Å². The highest BCUT2D eigenvalue weighted by Crippen LogP contribution is 2.31. The van der Waals surface area contributed by atoms with Crippen LogP contribution in [-0.2, 0) is 12.8 Å². The molecule has 1 N–H and O–H groups in total. The molecular formula is C21H19N. The molecular weight excluding hydrogens is 266 g/mol. The molecule has 1 aliphatic rings. The van der Waals surface area contributed by atoms with Crippen LogP contribution in [0.5, 0.6) is 0 Å². The fourth-order valence-electron chi connectivity index (χ4n) is 3.61. The summed E-state index contributed by atoms with van der Waals surface area (Å²) in [5.41, 5.74) is 9.99. The molecule has 1 heteroatoms. The van der Waals surface area contributed by atoms with Crippen molar-refractivity contribution in [3.05, 3.63) is 76.3 Å². The Bertz CT molecular complexity index is 1010. The van der Waals surface area contributed by atoms with Gasteiger partial charge >= 0.3 is 0 Å². The fourth-order valence-corrected chi connectivity index (χ4v) is 3.61. The zero-order valence-electron chi connectivity index (χ0n) is 12.9. The van der Waals surface area contributed by atoms with Crippen LogP contribution in [0.25, 0.3) is 22.2 Å². The highest BCUT2D eigenvalue weighted by molar-refractivity contribution is 5.86. The minimum atomic E-state index is 1.02. The number of aromatic nitrogens is 1. The molecule has 0 aliphatic heterocycles. The second-order valence-corrected chi connectivity index (χ2v) is 5.92. The molecule has 1 aromatic heterocycles. The maximum Gasteiger partial charge on any atom is 0.0895 e. The molecule has 1 heterocycles. The summed E-state index contributed by atoms with van der Waals surface area (Å²) in [5.74, 6) is 0. The van der Waals surface area contributed by atoms with E-state index >= 15 is 0 Å². The molecule has 4 rings (SSSR count). The lowest BCUT2D eigenvalue weighted by Gasteiger charge is -2.03. The summed E-state index contributed by atoms with van der Waals surface area (Å²) in [6.07, 6.45) is 3.33. The number of para-hydroxylation sites is 1. The van der Waals surface area contributed by atoms with E-state index in [1.807, 2.05) is 0 Å². The van der Waals surface area contributed by atoms with Gasteiger partial charge in [-0.3, -0.25) is 0 Å². The molecule has 0 amide bonds. The third-order valence-electron chi connectivity index (χ3n) is 4.73. The summed E-state index contributed by atoms with van der Waals surface area (Å²) in [6.45, 7) is 6.09. The van der Waals surface area contributed by atoms with E-state index < -0.39 is 0 Å². The number of aryl methyl sites for hydroxylation is 2. The molecule has 0 atom stereocenters. The Morgan fingerprint density at radius 2 is 2.00 bits per heavy atom. The molecule has 0 unspecified atom stereocenters. The third-order valence-corrected chi connectivity index (χ3v) is 4.73. The molecule has 2 aromatic carbocycles. The van der Waals surface area contributed by atoms with Crippen molar-refractivity contribution in [1.29, 1.82) is 0 Å². The van der Waals surface area contributed by atoms with Crippen molar-refractivity contribution < 1.29 is 0 Å². The van der Waals surface area contributed by atoms with Gasteiger partial charge in [0, 0.05) is 16.1 Å². The van der Waals surface area contributed by atoms with Gasteiger partial charge in [-0.05, 0) is 47.6 Å². The molecule has 108 valence electrons. The van der Waals surface area contributed by atoms with Gasteiger partial charge in [-0.1, -0.05) is 49.9 Å². The van der Waals surface area contributed by atoms with E-state index in [0.29, 0.717) is 0 Å². The minimum absolute atomic E-state index is 1.02. The molecule has 1 aliphatic carbocycles. The Labute approximate surface area is 130 Å². The summed E-state index contributed by atoms with van der Waals surface area (Å²) in [4.78, 5) is 3.45. The fraction of sp³-hybridized carbons (Fsp3) is 0.190. The summed E-state index contributed by atoms with van der Waals surface area (Å²) in [6, 6.07) is 15.4. The van der Waals surface area contributed by atoms with Crippen molar-refractivity contribution in [3.8, 4) is 0 Å². The van der Waals surface area contributed by atoms with Crippen molar-refractivity contribution in [3.63, 3.8) is 0 Å². The van der Waals surface area contributed by atoms with Crippen LogP contribution in [0.1, 0.15) is 30.0 Å². The Hall–Kier alpha value is -2.50. The second-order valence-electron chi connectivity index (χ2n) is 5.92. The monoisotopic (exact) mass is 285 g/mol. The van der Waals surface area contributed by atoms with Gasteiger partial charge in [0.1, 0.15) is 0 Å². The van der Waals surface area contributed by atoms with Crippen LogP contribution in [0, 0.1) is 0 Å². The van der Waals surface area contributed by atoms with Crippen LogP contribution < -0.4 is 10.6 Å². The molecule has 0 saturated carbocycles. The van der Waals surface area contributed by atoms with E-state index in [9.17, 15) is 0 Å². The zero-order valence-corrected chi connectivity index (χ0v) is 12.9. The lowest BCUT2D eigenvalue weighted by molar-refractivity contribution is 1.06. The van der Waals surface area contributed by atoms with Gasteiger partial charge in [0.15, 0.2) is 0 Å². The van der Waals surface area contributed by atoms with Crippen molar-refractivity contribution >= 4 is 22.2 Å². The van der Waals surface area contributed by atoms with Crippen LogP contribution in [0.4, 0.5) is 0 Å². The second kappa shape index (κ2) is 5.05. The zero-order chi connectivity index (χ0) is 15.1. The molecule has 3 aromatic rings. The van der Waals surface area contributed by atoms with Crippen LogP contribution in [0.15, 0.2) is 49.0 Å². The summed E-state index contributed by atoms with van der Waals surface area (Å²) < 4.78 is 0. The van der Waals surface area contributed by atoms with Gasteiger partial charge in [0.2, 0.25) is 0 Å². The maximum atomic E-state index is 3.87. The molecule has 0 fully saturated rings. The summed E-state index contributed by atoms with van der Waals surface area (Å²) >= 11 is 0. The van der Waals surface area contributed by atoms with Gasteiger partial charge in [-0.15, -0.1) is 5.73 Å². The number of nitrogens with one attached hydrogen (secondary N) is 1. The Morgan fingerprint density at radius 3 is 2.82 bits per heavy atom. The summed E-state index contributed by atoms with van der Waals surface area (Å²) in [7, 11) is 0. The Kier molecular flexibility index (Phi) is 3.03. The van der Waals surface area contributed by atoms with Gasteiger partial charge in [-0.2, -0.15) is 0 Å². The normalized spacial score (nSPS) is 15.9. The molecule has 0 spiro atoms. The van der Waals surface area contributed by atoms with Crippen molar-refractivity contribution in [2.24, 2.45) is 0 Å². The predicted octanol–water partition coefficient (Wildman–Crippen LogP) is 3.44. The molecule has 22 heavy (non-hydrogen) atoms. The lowest BCUT2D eigenvalue weighted by Crippen LogP contribution is -2.24. The van der Waals surface area contributed by atoms with E-state index in [0.717, 1.165) is 30.1 Å². The number of hydrogen-bond acceptors (Lipinski definition) is 0. The highest BCUT2D eigenvalue weighted by atomic mass is 14.7. The molecule has 1 nitrogen and oxygen atoms in total. The molecule has 0 radical (unpaired) electrons. The van der Waals surface area contributed by atoms with Gasteiger partial charge in [0.05, 0.1) is 5.35 Å². The predicted molar refractivity (Wildman–Crippen MR) is 93.2 cm³/mol. The SMILES string of the molecule is C=C=c1[nH]c2ccccc2/c1=C1\CCc2cc(CC)ccc21. The number of fused-ring (bicyclic) bond motifs is 2. The standard InChI is InChI=1S/C21H19N/c1-3-14-9-11-16-15(13-14)10-12-17(16)21-18-7-5-6-8-20(18)22-19(21)4-2/h5-9,11,13,22H,2-3,10,12H2,1H3/b21-17-. The maximum absolute atomic E-state index is 3.87. The van der Waals surface area contributed by atoms with E-state index in [1.165, 1.54) is 32.9 Å². The topological polar surface area (TPSA) is 15.8 Å². The Morgan fingerprint density at radius 1 is 1.14 bits per heavy atom. The first kappa shape index (κ1) is 13.2. The average molecular weight is 285 g/mol. The van der Waals surface area contributed by atoms with E-state index in [4.69, 9.17) is 0 Å². The number of hydrogen-bond donors (Lipinski definition) is 1. The third kappa shape index (κ3) is 1.87. The molecule has 0 bridgehead atoms.